The molecule has 0 spiro atoms. The fraction of sp³-hybridized carbons (Fsp3) is 0.500. The van der Waals surface area contributed by atoms with Gasteiger partial charge >= 0.3 is 0 Å². The number of amides is 1. The second kappa shape index (κ2) is 4.00. The van der Waals surface area contributed by atoms with Gasteiger partial charge in [0.1, 0.15) is 0 Å². The summed E-state index contributed by atoms with van der Waals surface area (Å²) in [5.41, 5.74) is 5.20. The molecule has 2 aliphatic carbocycles. The molecule has 0 unspecified atom stereocenters. The van der Waals surface area contributed by atoms with E-state index in [1.165, 1.54) is 0 Å². The summed E-state index contributed by atoms with van der Waals surface area (Å²) in [5.74, 6) is -4.62. The molecule has 3 rings (SSSR count). The molecule has 0 radical (unpaired) electrons. The Hall–Kier alpha value is -1.49. The lowest BCUT2D eigenvalue weighted by molar-refractivity contribution is -0.121. The molecule has 2 aliphatic rings. The largest absolute Gasteiger partial charge is 0.368 e. The maximum Gasteiger partial charge on any atom is 0.260 e. The zero-order valence-electron chi connectivity index (χ0n) is 10.4. The van der Waals surface area contributed by atoms with Crippen LogP contribution in [-0.2, 0) is 4.79 Å². The molecular formula is C14H16F2N2O. The fourth-order valence-electron chi connectivity index (χ4n) is 2.70. The molecule has 19 heavy (non-hydrogen) atoms. The first kappa shape index (κ1) is 12.5. The van der Waals surface area contributed by atoms with E-state index in [0.717, 1.165) is 0 Å². The standard InChI is InChI=1S/C14H16F2N2O/c15-14(16)10(8-18-13(6-7-13)12(17)19)11(14)9-4-2-1-3-5-9/h1-5,10-11,18H,6-8H2,(H2,17,19)/t10-,11-/m1/s1. The lowest BCUT2D eigenvalue weighted by Gasteiger charge is -2.12. The van der Waals surface area contributed by atoms with Crippen molar-refractivity contribution >= 4 is 5.91 Å². The number of nitrogens with one attached hydrogen (secondary N) is 1. The monoisotopic (exact) mass is 266 g/mol. The average molecular weight is 266 g/mol. The van der Waals surface area contributed by atoms with Gasteiger partial charge in [-0.15, -0.1) is 0 Å². The van der Waals surface area contributed by atoms with Crippen molar-refractivity contribution < 1.29 is 13.6 Å². The smallest absolute Gasteiger partial charge is 0.260 e. The molecule has 3 nitrogen and oxygen atoms in total. The van der Waals surface area contributed by atoms with Gasteiger partial charge in [-0.25, -0.2) is 8.78 Å². The highest BCUT2D eigenvalue weighted by Gasteiger charge is 2.68. The zero-order valence-corrected chi connectivity index (χ0v) is 10.4. The quantitative estimate of drug-likeness (QED) is 0.851. The molecule has 2 fully saturated rings. The summed E-state index contributed by atoms with van der Waals surface area (Å²) in [6.07, 6.45) is 1.30. The van der Waals surface area contributed by atoms with E-state index in [9.17, 15) is 13.6 Å². The first-order chi connectivity index (χ1) is 8.97. The van der Waals surface area contributed by atoms with Crippen LogP contribution < -0.4 is 11.1 Å². The van der Waals surface area contributed by atoms with Gasteiger partial charge in [-0.3, -0.25) is 4.79 Å². The third kappa shape index (κ3) is 2.02. The Kier molecular flexibility index (Phi) is 2.64. The minimum absolute atomic E-state index is 0.134. The normalized spacial score (nSPS) is 29.8. The lowest BCUT2D eigenvalue weighted by Crippen LogP contribution is -2.44. The van der Waals surface area contributed by atoms with Crippen molar-refractivity contribution in [2.75, 3.05) is 6.54 Å². The first-order valence-electron chi connectivity index (χ1n) is 6.45. The van der Waals surface area contributed by atoms with Gasteiger partial charge in [-0.2, -0.15) is 0 Å². The molecule has 0 heterocycles. The Morgan fingerprint density at radius 2 is 1.95 bits per heavy atom. The van der Waals surface area contributed by atoms with Gasteiger partial charge in [-0.1, -0.05) is 30.3 Å². The predicted octanol–water partition coefficient (Wildman–Crippen LogP) is 1.64. The summed E-state index contributed by atoms with van der Waals surface area (Å²) >= 11 is 0. The van der Waals surface area contributed by atoms with E-state index in [-0.39, 0.29) is 6.54 Å². The summed E-state index contributed by atoms with van der Waals surface area (Å²) in [7, 11) is 0. The number of rotatable bonds is 5. The van der Waals surface area contributed by atoms with Crippen molar-refractivity contribution in [1.29, 1.82) is 0 Å². The average Bonchev–Trinajstić information content (AvgIpc) is 3.24. The summed E-state index contributed by atoms with van der Waals surface area (Å²) in [5, 5.41) is 2.93. The van der Waals surface area contributed by atoms with Crippen LogP contribution in [0.25, 0.3) is 0 Å². The highest BCUT2D eigenvalue weighted by atomic mass is 19.3. The van der Waals surface area contributed by atoms with Gasteiger partial charge in [0.25, 0.3) is 5.92 Å². The fourth-order valence-corrected chi connectivity index (χ4v) is 2.70. The summed E-state index contributed by atoms with van der Waals surface area (Å²) < 4.78 is 27.6. The van der Waals surface area contributed by atoms with Crippen molar-refractivity contribution in [3.8, 4) is 0 Å². The second-order valence-electron chi connectivity index (χ2n) is 5.50. The maximum absolute atomic E-state index is 13.8. The zero-order chi connectivity index (χ0) is 13.7. The molecule has 102 valence electrons. The van der Waals surface area contributed by atoms with Crippen LogP contribution >= 0.6 is 0 Å². The molecular weight excluding hydrogens is 250 g/mol. The highest BCUT2D eigenvalue weighted by Crippen LogP contribution is 2.61. The van der Waals surface area contributed by atoms with E-state index in [1.807, 2.05) is 6.07 Å². The first-order valence-corrected chi connectivity index (χ1v) is 6.45. The van der Waals surface area contributed by atoms with Gasteiger partial charge < -0.3 is 11.1 Å². The molecule has 0 bridgehead atoms. The Bertz CT molecular complexity index is 499. The summed E-state index contributed by atoms with van der Waals surface area (Å²) in [4.78, 5) is 11.2. The van der Waals surface area contributed by atoms with E-state index in [0.29, 0.717) is 18.4 Å². The number of primary amides is 1. The predicted molar refractivity (Wildman–Crippen MR) is 66.8 cm³/mol. The number of nitrogens with two attached hydrogens (primary N) is 1. The Balaban J connectivity index is 1.65. The molecule has 2 saturated carbocycles. The Labute approximate surface area is 110 Å². The molecule has 1 amide bonds. The van der Waals surface area contributed by atoms with Crippen LogP contribution in [0.15, 0.2) is 30.3 Å². The van der Waals surface area contributed by atoms with Crippen LogP contribution in [0.2, 0.25) is 0 Å². The molecule has 3 N–H and O–H groups in total. The van der Waals surface area contributed by atoms with E-state index in [2.05, 4.69) is 5.32 Å². The third-order valence-corrected chi connectivity index (χ3v) is 4.24. The van der Waals surface area contributed by atoms with Gasteiger partial charge in [0, 0.05) is 12.5 Å². The van der Waals surface area contributed by atoms with Gasteiger partial charge in [0.15, 0.2) is 0 Å². The summed E-state index contributed by atoms with van der Waals surface area (Å²) in [6.45, 7) is 0.134. The van der Waals surface area contributed by atoms with Crippen LogP contribution in [0.1, 0.15) is 24.3 Å². The van der Waals surface area contributed by atoms with Crippen LogP contribution in [-0.4, -0.2) is 23.9 Å². The van der Waals surface area contributed by atoms with Crippen molar-refractivity contribution in [3.05, 3.63) is 35.9 Å². The van der Waals surface area contributed by atoms with E-state index < -0.39 is 29.2 Å². The number of halogens is 2. The summed E-state index contributed by atoms with van der Waals surface area (Å²) in [6, 6.07) is 8.78. The van der Waals surface area contributed by atoms with Gasteiger partial charge in [-0.05, 0) is 18.4 Å². The number of alkyl halides is 2. The number of carbonyl (C=O) groups excluding carboxylic acids is 1. The minimum atomic E-state index is -2.69. The van der Waals surface area contributed by atoms with Crippen molar-refractivity contribution in [2.45, 2.75) is 30.2 Å². The maximum atomic E-state index is 13.8. The number of carbonyl (C=O) groups is 1. The van der Waals surface area contributed by atoms with Crippen molar-refractivity contribution in [3.63, 3.8) is 0 Å². The van der Waals surface area contributed by atoms with E-state index in [1.54, 1.807) is 24.3 Å². The second-order valence-corrected chi connectivity index (χ2v) is 5.50. The third-order valence-electron chi connectivity index (χ3n) is 4.24. The van der Waals surface area contributed by atoms with Crippen molar-refractivity contribution in [2.24, 2.45) is 11.7 Å². The van der Waals surface area contributed by atoms with Crippen LogP contribution in [0.5, 0.6) is 0 Å². The molecule has 1 aromatic rings. The minimum Gasteiger partial charge on any atom is -0.368 e. The van der Waals surface area contributed by atoms with Crippen LogP contribution in [0, 0.1) is 5.92 Å². The molecule has 5 heteroatoms. The molecule has 0 aromatic heterocycles. The molecule has 2 atom stereocenters. The number of benzene rings is 1. The van der Waals surface area contributed by atoms with Gasteiger partial charge in [0.05, 0.1) is 11.5 Å². The number of hydrogen-bond acceptors (Lipinski definition) is 2. The lowest BCUT2D eigenvalue weighted by atomic mass is 10.1. The van der Waals surface area contributed by atoms with Crippen molar-refractivity contribution in [1.82, 2.24) is 5.32 Å². The molecule has 1 aromatic carbocycles. The highest BCUT2D eigenvalue weighted by molar-refractivity contribution is 5.87. The van der Waals surface area contributed by atoms with Crippen LogP contribution in [0.3, 0.4) is 0 Å². The topological polar surface area (TPSA) is 55.1 Å². The van der Waals surface area contributed by atoms with Crippen LogP contribution in [0.4, 0.5) is 8.78 Å². The van der Waals surface area contributed by atoms with E-state index in [4.69, 9.17) is 5.73 Å². The Morgan fingerprint density at radius 3 is 2.47 bits per heavy atom. The molecule has 0 saturated heterocycles. The Morgan fingerprint density at radius 1 is 1.32 bits per heavy atom. The SMILES string of the molecule is NC(=O)C1(NC[C@@H]2[C@@H](c3ccccc3)C2(F)F)CC1. The number of hydrogen-bond donors (Lipinski definition) is 2. The van der Waals surface area contributed by atoms with E-state index >= 15 is 0 Å². The molecule has 0 aliphatic heterocycles. The van der Waals surface area contributed by atoms with Gasteiger partial charge in [0.2, 0.25) is 5.91 Å².